The molecular weight excluding hydrogens is 1090 g/mol. The molecule has 0 aliphatic carbocycles. The van der Waals surface area contributed by atoms with Gasteiger partial charge >= 0.3 is 0 Å². The number of methoxy groups -OCH3 is 2. The lowest BCUT2D eigenvalue weighted by Gasteiger charge is -2.39. The summed E-state index contributed by atoms with van der Waals surface area (Å²) < 4.78 is 30.3. The first-order valence-electron chi connectivity index (χ1n) is 29.4. The van der Waals surface area contributed by atoms with Crippen molar-refractivity contribution in [2.45, 2.75) is 75.5 Å². The fraction of sp³-hybridized carbons (Fsp3) is 0.387. The number of benzene rings is 2. The monoisotopic (exact) mass is 1160 g/mol. The van der Waals surface area contributed by atoms with Crippen LogP contribution < -0.4 is 31.6 Å². The lowest BCUT2D eigenvalue weighted by Crippen LogP contribution is -2.44. The molecule has 0 atom stereocenters. The van der Waals surface area contributed by atoms with E-state index in [-0.39, 0.29) is 23.9 Å². The normalized spacial score (nSPS) is 17.1. The smallest absolute Gasteiger partial charge is 0.272 e. The Morgan fingerprint density at radius 2 is 0.988 bits per heavy atom. The molecule has 444 valence electrons. The van der Waals surface area contributed by atoms with Crippen LogP contribution in [0.3, 0.4) is 0 Å². The molecule has 4 fully saturated rings. The molecule has 4 saturated heterocycles. The van der Waals surface area contributed by atoms with Crippen LogP contribution in [0, 0.1) is 0 Å². The van der Waals surface area contributed by atoms with Crippen molar-refractivity contribution < 1.29 is 28.5 Å². The number of anilines is 4. The van der Waals surface area contributed by atoms with Crippen LogP contribution in [-0.4, -0.2) is 159 Å². The SMILES string of the molecule is COc1cc(-c2nn(C3CCN(C4CCOCC4)CC3)c3ncnc(N)c23)ccc1NC(=O)c1cc2ccncc2n1C.COc1cc(-c2nn(C3CCN(C4CCOCC4)CC3)c3ncnc(N)c23)ccc1NC(=O)c1cc2cnccc2n1C. The number of pyridine rings is 2. The standard InChI is InChI=1S/2C31H35N9O3/c1-38-24(15-19-5-10-33-17-25(19)38)31(41)36-23-4-3-20(16-26(23)42-2)28-27-29(32)34-18-35-30(27)40(37-28)22-6-11-39(12-7-22)21-8-13-43-14-9-21;1-38-24-5-10-33-17-20(24)15-25(38)31(41)36-23-4-3-19(16-26(23)42-2)28-27-29(32)34-18-35-30(27)40(37-28)22-6-11-39(12-7-22)21-8-13-43-14-9-21/h2*3-5,10,15-18,21-22H,6-9,11-14H2,1-2H3,(H,36,41)(H2,32,34,35). The van der Waals surface area contributed by atoms with Gasteiger partial charge in [0.15, 0.2) is 11.3 Å². The van der Waals surface area contributed by atoms with Gasteiger partial charge in [-0.05, 0) is 99.9 Å². The fourth-order valence-electron chi connectivity index (χ4n) is 13.1. The summed E-state index contributed by atoms with van der Waals surface area (Å²) >= 11 is 0. The van der Waals surface area contributed by atoms with Crippen molar-refractivity contribution in [3.63, 3.8) is 0 Å². The minimum atomic E-state index is -0.246. The van der Waals surface area contributed by atoms with E-state index in [2.05, 4.69) is 50.3 Å². The van der Waals surface area contributed by atoms with Crippen molar-refractivity contribution in [3.05, 3.63) is 109 Å². The molecular formula is C62H70N18O6. The number of aromatic nitrogens is 12. The highest BCUT2D eigenvalue weighted by Crippen LogP contribution is 2.40. The third kappa shape index (κ3) is 10.8. The molecule has 4 aliphatic heterocycles. The molecule has 2 amide bonds. The number of fused-ring (bicyclic) bond motifs is 4. The minimum absolute atomic E-state index is 0.207. The number of carbonyl (C=O) groups is 2. The van der Waals surface area contributed by atoms with Gasteiger partial charge in [0.1, 0.15) is 58.6 Å². The summed E-state index contributed by atoms with van der Waals surface area (Å²) in [6.07, 6.45) is 18.2. The number of nitrogens with one attached hydrogen (secondary N) is 2. The van der Waals surface area contributed by atoms with Gasteiger partial charge in [0, 0.05) is 119 Å². The van der Waals surface area contributed by atoms with E-state index in [4.69, 9.17) is 40.6 Å². The van der Waals surface area contributed by atoms with Gasteiger partial charge in [0.2, 0.25) is 0 Å². The fourth-order valence-corrected chi connectivity index (χ4v) is 13.1. The van der Waals surface area contributed by atoms with Crippen molar-refractivity contribution in [2.75, 3.05) is 88.9 Å². The van der Waals surface area contributed by atoms with Gasteiger partial charge in [-0.3, -0.25) is 19.6 Å². The van der Waals surface area contributed by atoms with Crippen molar-refractivity contribution in [3.8, 4) is 34.0 Å². The van der Waals surface area contributed by atoms with E-state index in [1.165, 1.54) is 12.7 Å². The maximum atomic E-state index is 13.3. The van der Waals surface area contributed by atoms with E-state index < -0.39 is 0 Å². The first-order valence-corrected chi connectivity index (χ1v) is 29.4. The molecule has 0 bridgehead atoms. The average molecular weight is 1160 g/mol. The Balaban J connectivity index is 0.000000160. The molecule has 0 unspecified atom stereocenters. The minimum Gasteiger partial charge on any atom is -0.495 e. The molecule has 14 rings (SSSR count). The number of nitrogens with zero attached hydrogens (tertiary/aromatic N) is 14. The van der Waals surface area contributed by atoms with Gasteiger partial charge in [0.05, 0.1) is 65.7 Å². The largest absolute Gasteiger partial charge is 0.495 e. The molecule has 4 aliphatic rings. The molecule has 2 aromatic carbocycles. The number of nitrogen functional groups attached to an aromatic ring is 2. The zero-order valence-corrected chi connectivity index (χ0v) is 48.7. The highest BCUT2D eigenvalue weighted by Gasteiger charge is 2.33. The number of carbonyl (C=O) groups excluding carboxylic acids is 2. The quantitative estimate of drug-likeness (QED) is 0.0899. The van der Waals surface area contributed by atoms with E-state index in [1.54, 1.807) is 39.0 Å². The number of aryl methyl sites for hydroxylation is 2. The number of ether oxygens (including phenoxy) is 4. The second-order valence-electron chi connectivity index (χ2n) is 22.5. The Kier molecular flexibility index (Phi) is 15.7. The third-order valence-corrected chi connectivity index (χ3v) is 17.7. The summed E-state index contributed by atoms with van der Waals surface area (Å²) in [5, 5.41) is 19.4. The number of likely N-dealkylation sites (tertiary alicyclic amines) is 2. The molecule has 0 spiro atoms. The average Bonchev–Trinajstić information content (AvgIpc) is 2.22. The molecule has 86 heavy (non-hydrogen) atoms. The summed E-state index contributed by atoms with van der Waals surface area (Å²) in [6, 6.07) is 20.3. The maximum Gasteiger partial charge on any atom is 0.272 e. The molecule has 24 heteroatoms. The lowest BCUT2D eigenvalue weighted by molar-refractivity contribution is 0.0214. The molecule has 10 aromatic rings. The predicted octanol–water partition coefficient (Wildman–Crippen LogP) is 8.08. The van der Waals surface area contributed by atoms with Crippen LogP contribution >= 0.6 is 0 Å². The summed E-state index contributed by atoms with van der Waals surface area (Å²) in [5.74, 6) is 1.29. The summed E-state index contributed by atoms with van der Waals surface area (Å²) in [4.78, 5) is 57.9. The number of hydrogen-bond donors (Lipinski definition) is 4. The second-order valence-corrected chi connectivity index (χ2v) is 22.5. The van der Waals surface area contributed by atoms with Gasteiger partial charge in [-0.2, -0.15) is 10.2 Å². The van der Waals surface area contributed by atoms with Gasteiger partial charge in [-0.1, -0.05) is 12.1 Å². The maximum absolute atomic E-state index is 13.3. The summed E-state index contributed by atoms with van der Waals surface area (Å²) in [5.41, 5.74) is 21.2. The highest BCUT2D eigenvalue weighted by molar-refractivity contribution is 6.09. The van der Waals surface area contributed by atoms with Crippen molar-refractivity contribution in [1.82, 2.24) is 68.4 Å². The lowest BCUT2D eigenvalue weighted by atomic mass is 10.00. The van der Waals surface area contributed by atoms with Crippen molar-refractivity contribution in [1.29, 1.82) is 0 Å². The zero-order chi connectivity index (χ0) is 59.0. The Morgan fingerprint density at radius 1 is 0.535 bits per heavy atom. The van der Waals surface area contributed by atoms with E-state index in [0.717, 1.165) is 159 Å². The first kappa shape index (κ1) is 56.1. The molecule has 0 saturated carbocycles. The number of nitrogens with two attached hydrogens (primary N) is 2. The Bertz CT molecular complexity index is 3860. The Hall–Kier alpha value is -9.10. The Labute approximate surface area is 495 Å². The van der Waals surface area contributed by atoms with Crippen LogP contribution in [0.5, 0.6) is 11.5 Å². The Morgan fingerprint density at radius 3 is 1.45 bits per heavy atom. The molecule has 24 nitrogen and oxygen atoms in total. The van der Waals surface area contributed by atoms with E-state index >= 15 is 0 Å². The van der Waals surface area contributed by atoms with E-state index in [0.29, 0.717) is 69.4 Å². The summed E-state index contributed by atoms with van der Waals surface area (Å²) in [6.45, 7) is 7.46. The van der Waals surface area contributed by atoms with Crippen LogP contribution in [0.4, 0.5) is 23.0 Å². The van der Waals surface area contributed by atoms with Crippen molar-refractivity contribution >= 4 is 78.7 Å². The number of hydrogen-bond acceptors (Lipinski definition) is 18. The van der Waals surface area contributed by atoms with E-state index in [9.17, 15) is 9.59 Å². The van der Waals surface area contributed by atoms with Crippen molar-refractivity contribution in [2.24, 2.45) is 14.1 Å². The van der Waals surface area contributed by atoms with Gasteiger partial charge < -0.3 is 60.0 Å². The van der Waals surface area contributed by atoms with E-state index in [1.807, 2.05) is 93.3 Å². The van der Waals surface area contributed by atoms with Gasteiger partial charge in [-0.15, -0.1) is 0 Å². The molecule has 12 heterocycles. The molecule has 8 aromatic heterocycles. The topological polar surface area (TPSA) is 276 Å². The molecule has 6 N–H and O–H groups in total. The van der Waals surface area contributed by atoms with Gasteiger partial charge in [-0.25, -0.2) is 29.3 Å². The first-order chi connectivity index (χ1) is 42.0. The molecule has 0 radical (unpaired) electrons. The van der Waals surface area contributed by atoms with Crippen LogP contribution in [-0.2, 0) is 23.6 Å². The summed E-state index contributed by atoms with van der Waals surface area (Å²) in [7, 11) is 6.87. The van der Waals surface area contributed by atoms with Crippen LogP contribution in [0.15, 0.2) is 98.1 Å². The number of piperidine rings is 2. The number of amides is 2. The highest BCUT2D eigenvalue weighted by atomic mass is 16.5. The van der Waals surface area contributed by atoms with Gasteiger partial charge in [0.25, 0.3) is 11.8 Å². The van der Waals surface area contributed by atoms with Crippen LogP contribution in [0.2, 0.25) is 0 Å². The number of rotatable bonds is 12. The zero-order valence-electron chi connectivity index (χ0n) is 48.7. The third-order valence-electron chi connectivity index (χ3n) is 17.7. The predicted molar refractivity (Wildman–Crippen MR) is 328 cm³/mol. The second kappa shape index (κ2) is 24.1. The van der Waals surface area contributed by atoms with Crippen LogP contribution in [0.1, 0.15) is 84.4 Å². The van der Waals surface area contributed by atoms with Crippen LogP contribution in [0.25, 0.3) is 66.4 Å².